The summed E-state index contributed by atoms with van der Waals surface area (Å²) in [5.74, 6) is -0.159. The van der Waals surface area contributed by atoms with Crippen LogP contribution in [0.15, 0.2) is 24.3 Å². The molecule has 0 heterocycles. The molecule has 3 heteroatoms. The number of aliphatic hydroxyl groups is 1. The number of ether oxygens (including phenoxy) is 1. The van der Waals surface area contributed by atoms with E-state index in [-0.39, 0.29) is 6.61 Å². The summed E-state index contributed by atoms with van der Waals surface area (Å²) in [6, 6.07) is 7.36. The van der Waals surface area contributed by atoms with Crippen LogP contribution in [0.3, 0.4) is 0 Å². The van der Waals surface area contributed by atoms with Gasteiger partial charge in [-0.3, -0.25) is 0 Å². The Morgan fingerprint density at radius 3 is 2.19 bits per heavy atom. The molecule has 16 heavy (non-hydrogen) atoms. The molecule has 3 nitrogen and oxygen atoms in total. The fourth-order valence-corrected chi connectivity index (χ4v) is 1.42. The SMILES string of the molecule is CCOC(=O)[C@@H](O)c1ccc(C(C)C)cc1. The lowest BCUT2D eigenvalue weighted by atomic mass is 10.00. The third kappa shape index (κ3) is 3.07. The first-order valence-corrected chi connectivity index (χ1v) is 5.50. The van der Waals surface area contributed by atoms with Gasteiger partial charge in [0.15, 0.2) is 6.10 Å². The lowest BCUT2D eigenvalue weighted by molar-refractivity contribution is -0.153. The molecule has 1 aromatic rings. The van der Waals surface area contributed by atoms with Gasteiger partial charge in [-0.25, -0.2) is 4.79 Å². The van der Waals surface area contributed by atoms with Gasteiger partial charge in [0.25, 0.3) is 0 Å². The van der Waals surface area contributed by atoms with Gasteiger partial charge in [-0.15, -0.1) is 0 Å². The minimum Gasteiger partial charge on any atom is -0.464 e. The summed E-state index contributed by atoms with van der Waals surface area (Å²) in [7, 11) is 0. The molecule has 1 rings (SSSR count). The van der Waals surface area contributed by atoms with Crippen LogP contribution in [-0.4, -0.2) is 17.7 Å². The van der Waals surface area contributed by atoms with Crippen molar-refractivity contribution in [2.75, 3.05) is 6.61 Å². The second-order valence-electron chi connectivity index (χ2n) is 3.98. The quantitative estimate of drug-likeness (QED) is 0.796. The van der Waals surface area contributed by atoms with Gasteiger partial charge in [-0.2, -0.15) is 0 Å². The van der Waals surface area contributed by atoms with Crippen molar-refractivity contribution in [2.45, 2.75) is 32.8 Å². The maximum absolute atomic E-state index is 11.3. The highest BCUT2D eigenvalue weighted by atomic mass is 16.5. The Morgan fingerprint density at radius 2 is 1.75 bits per heavy atom. The average molecular weight is 222 g/mol. The predicted octanol–water partition coefficient (Wildman–Crippen LogP) is 2.41. The first-order chi connectivity index (χ1) is 7.56. The highest BCUT2D eigenvalue weighted by Crippen LogP contribution is 2.19. The zero-order chi connectivity index (χ0) is 12.1. The van der Waals surface area contributed by atoms with Gasteiger partial charge in [-0.1, -0.05) is 38.1 Å². The lowest BCUT2D eigenvalue weighted by Crippen LogP contribution is -2.15. The molecule has 1 aromatic carbocycles. The molecule has 0 saturated heterocycles. The van der Waals surface area contributed by atoms with E-state index >= 15 is 0 Å². The van der Waals surface area contributed by atoms with Gasteiger partial charge >= 0.3 is 5.97 Å². The van der Waals surface area contributed by atoms with E-state index in [1.165, 1.54) is 5.56 Å². The normalized spacial score (nSPS) is 12.6. The molecule has 1 atom stereocenters. The van der Waals surface area contributed by atoms with Crippen molar-refractivity contribution >= 4 is 5.97 Å². The maximum atomic E-state index is 11.3. The molecule has 0 aliphatic rings. The van der Waals surface area contributed by atoms with E-state index in [9.17, 15) is 9.90 Å². The summed E-state index contributed by atoms with van der Waals surface area (Å²) in [6.45, 7) is 6.18. The van der Waals surface area contributed by atoms with E-state index in [1.807, 2.05) is 12.1 Å². The highest BCUT2D eigenvalue weighted by Gasteiger charge is 2.18. The Bertz CT molecular complexity index is 341. The molecule has 88 valence electrons. The number of rotatable bonds is 4. The Balaban J connectivity index is 2.77. The highest BCUT2D eigenvalue weighted by molar-refractivity contribution is 5.76. The second kappa shape index (κ2) is 5.66. The van der Waals surface area contributed by atoms with Crippen molar-refractivity contribution in [3.05, 3.63) is 35.4 Å². The Kier molecular flexibility index (Phi) is 4.50. The molecule has 0 fully saturated rings. The van der Waals surface area contributed by atoms with Crippen LogP contribution in [0.4, 0.5) is 0 Å². The number of aliphatic hydroxyl groups excluding tert-OH is 1. The van der Waals surface area contributed by atoms with Crippen LogP contribution >= 0.6 is 0 Å². The van der Waals surface area contributed by atoms with Crippen LogP contribution in [0.5, 0.6) is 0 Å². The van der Waals surface area contributed by atoms with E-state index in [2.05, 4.69) is 13.8 Å². The van der Waals surface area contributed by atoms with Crippen LogP contribution in [-0.2, 0) is 9.53 Å². The predicted molar refractivity (Wildman–Crippen MR) is 62.1 cm³/mol. The molecule has 0 bridgehead atoms. The number of benzene rings is 1. The van der Waals surface area contributed by atoms with E-state index < -0.39 is 12.1 Å². The van der Waals surface area contributed by atoms with Crippen molar-refractivity contribution < 1.29 is 14.6 Å². The summed E-state index contributed by atoms with van der Waals surface area (Å²) >= 11 is 0. The molecule has 0 saturated carbocycles. The average Bonchev–Trinajstić information content (AvgIpc) is 2.28. The van der Waals surface area contributed by atoms with Crippen molar-refractivity contribution in [2.24, 2.45) is 0 Å². The summed E-state index contributed by atoms with van der Waals surface area (Å²) in [5, 5.41) is 9.68. The van der Waals surface area contributed by atoms with Gasteiger partial charge in [0, 0.05) is 0 Å². The van der Waals surface area contributed by atoms with Gasteiger partial charge in [-0.05, 0) is 24.0 Å². The molecular weight excluding hydrogens is 204 g/mol. The lowest BCUT2D eigenvalue weighted by Gasteiger charge is -2.11. The van der Waals surface area contributed by atoms with Crippen molar-refractivity contribution in [3.8, 4) is 0 Å². The van der Waals surface area contributed by atoms with Crippen LogP contribution in [0.25, 0.3) is 0 Å². The number of hydrogen-bond acceptors (Lipinski definition) is 3. The molecule has 1 N–H and O–H groups in total. The van der Waals surface area contributed by atoms with E-state index in [4.69, 9.17) is 4.74 Å². The van der Waals surface area contributed by atoms with Crippen LogP contribution in [0.2, 0.25) is 0 Å². The van der Waals surface area contributed by atoms with Gasteiger partial charge in [0.05, 0.1) is 6.61 Å². The molecule has 0 unspecified atom stereocenters. The zero-order valence-corrected chi connectivity index (χ0v) is 9.93. The molecular formula is C13H18O3. The van der Waals surface area contributed by atoms with Crippen LogP contribution < -0.4 is 0 Å². The third-order valence-electron chi connectivity index (χ3n) is 2.43. The molecule has 0 aromatic heterocycles. The van der Waals surface area contributed by atoms with E-state index in [0.717, 1.165) is 0 Å². The molecule has 0 aliphatic heterocycles. The smallest absolute Gasteiger partial charge is 0.339 e. The Labute approximate surface area is 96.1 Å². The summed E-state index contributed by atoms with van der Waals surface area (Å²) in [6.07, 6.45) is -1.18. The third-order valence-corrected chi connectivity index (χ3v) is 2.43. The van der Waals surface area contributed by atoms with Gasteiger partial charge < -0.3 is 9.84 Å². The minimum absolute atomic E-state index is 0.278. The fourth-order valence-electron chi connectivity index (χ4n) is 1.42. The summed E-state index contributed by atoms with van der Waals surface area (Å²) in [5.41, 5.74) is 1.75. The first kappa shape index (κ1) is 12.7. The van der Waals surface area contributed by atoms with E-state index in [1.54, 1.807) is 19.1 Å². The molecule has 0 radical (unpaired) electrons. The molecule has 0 amide bonds. The topological polar surface area (TPSA) is 46.5 Å². The number of esters is 1. The molecule has 0 spiro atoms. The maximum Gasteiger partial charge on any atom is 0.339 e. The summed E-state index contributed by atoms with van der Waals surface area (Å²) in [4.78, 5) is 11.3. The largest absolute Gasteiger partial charge is 0.464 e. The molecule has 0 aliphatic carbocycles. The summed E-state index contributed by atoms with van der Waals surface area (Å²) < 4.78 is 4.75. The Morgan fingerprint density at radius 1 is 1.25 bits per heavy atom. The minimum atomic E-state index is -1.18. The van der Waals surface area contributed by atoms with Crippen molar-refractivity contribution in [3.63, 3.8) is 0 Å². The van der Waals surface area contributed by atoms with Crippen molar-refractivity contribution in [1.29, 1.82) is 0 Å². The standard InChI is InChI=1S/C13H18O3/c1-4-16-13(15)12(14)11-7-5-10(6-8-11)9(2)3/h5-9,12,14H,4H2,1-3H3/t12-/m0/s1. The monoisotopic (exact) mass is 222 g/mol. The van der Waals surface area contributed by atoms with Crippen LogP contribution in [0, 0.1) is 0 Å². The Hall–Kier alpha value is -1.35. The van der Waals surface area contributed by atoms with Crippen molar-refractivity contribution in [1.82, 2.24) is 0 Å². The first-order valence-electron chi connectivity index (χ1n) is 5.50. The zero-order valence-electron chi connectivity index (χ0n) is 9.93. The van der Waals surface area contributed by atoms with Crippen LogP contribution in [0.1, 0.15) is 43.9 Å². The number of carbonyl (C=O) groups is 1. The van der Waals surface area contributed by atoms with E-state index in [0.29, 0.717) is 11.5 Å². The van der Waals surface area contributed by atoms with Gasteiger partial charge in [0.2, 0.25) is 0 Å². The van der Waals surface area contributed by atoms with Gasteiger partial charge in [0.1, 0.15) is 0 Å². The number of hydrogen-bond donors (Lipinski definition) is 1. The fraction of sp³-hybridized carbons (Fsp3) is 0.462. The number of carbonyl (C=O) groups excluding carboxylic acids is 1. The second-order valence-corrected chi connectivity index (χ2v) is 3.98.